The molecule has 0 N–H and O–H groups in total. The fourth-order valence-electron chi connectivity index (χ4n) is 8.17. The summed E-state index contributed by atoms with van der Waals surface area (Å²) in [5, 5.41) is 0. The second-order valence-corrected chi connectivity index (χ2v) is 13.6. The molecule has 1 aromatic heterocycles. The third-order valence-corrected chi connectivity index (χ3v) is 10.6. The Bertz CT molecular complexity index is 2590. The molecule has 0 atom stereocenters. The maximum absolute atomic E-state index is 4.39. The minimum absolute atomic E-state index is 0.0281. The first-order chi connectivity index (χ1) is 25.2. The molecule has 0 bridgehead atoms. The van der Waals surface area contributed by atoms with Crippen molar-refractivity contribution in [2.24, 2.45) is 0 Å². The third-order valence-electron chi connectivity index (χ3n) is 10.6. The topological polar surface area (TPSA) is 16.1 Å². The molecular formula is C48H33BN2. The van der Waals surface area contributed by atoms with Crippen LogP contribution in [0.3, 0.4) is 0 Å². The van der Waals surface area contributed by atoms with Crippen molar-refractivity contribution < 1.29 is 0 Å². The lowest BCUT2D eigenvalue weighted by Crippen LogP contribution is -2.59. The van der Waals surface area contributed by atoms with Gasteiger partial charge >= 0.3 is 6.85 Å². The van der Waals surface area contributed by atoms with E-state index in [9.17, 15) is 0 Å². The summed E-state index contributed by atoms with van der Waals surface area (Å²) in [6.45, 7) is 2.07. The highest BCUT2D eigenvalue weighted by atomic mass is 15.1. The molecule has 2 aliphatic rings. The summed E-state index contributed by atoms with van der Waals surface area (Å²) in [6, 6.07) is 64.8. The number of benzene rings is 7. The van der Waals surface area contributed by atoms with E-state index in [2.05, 4.69) is 186 Å². The Morgan fingerprint density at radius 1 is 0.373 bits per heavy atom. The van der Waals surface area contributed by atoms with Crippen molar-refractivity contribution in [3.8, 4) is 66.8 Å². The van der Waals surface area contributed by atoms with Crippen LogP contribution in [0.15, 0.2) is 182 Å². The summed E-state index contributed by atoms with van der Waals surface area (Å²) in [4.78, 5) is 6.98. The molecule has 7 aromatic carbocycles. The molecule has 2 nitrogen and oxygen atoms in total. The fraction of sp³-hybridized carbons (Fsp3) is 0.0208. The summed E-state index contributed by atoms with van der Waals surface area (Å²) >= 11 is 0. The van der Waals surface area contributed by atoms with Gasteiger partial charge in [-0.1, -0.05) is 140 Å². The van der Waals surface area contributed by atoms with Crippen LogP contribution >= 0.6 is 0 Å². The van der Waals surface area contributed by atoms with Gasteiger partial charge in [-0.25, -0.2) is 0 Å². The lowest BCUT2D eigenvalue weighted by Gasteiger charge is -2.43. The third kappa shape index (κ3) is 4.93. The van der Waals surface area contributed by atoms with Crippen LogP contribution in [0.25, 0.3) is 66.8 Å². The van der Waals surface area contributed by atoms with Gasteiger partial charge in [-0.2, -0.15) is 0 Å². The van der Waals surface area contributed by atoms with E-state index in [4.69, 9.17) is 0 Å². The molecule has 0 amide bonds. The zero-order valence-corrected chi connectivity index (χ0v) is 28.3. The molecule has 51 heavy (non-hydrogen) atoms. The molecule has 10 rings (SSSR count). The zero-order chi connectivity index (χ0) is 33.9. The molecule has 0 spiro atoms. The van der Waals surface area contributed by atoms with Crippen LogP contribution in [0.1, 0.15) is 5.69 Å². The predicted molar refractivity (Wildman–Crippen MR) is 215 cm³/mol. The quantitative estimate of drug-likeness (QED) is 0.177. The zero-order valence-electron chi connectivity index (χ0n) is 28.3. The van der Waals surface area contributed by atoms with Crippen molar-refractivity contribution >= 4 is 29.1 Å². The number of hydrogen-bond donors (Lipinski definition) is 0. The van der Waals surface area contributed by atoms with Crippen LogP contribution in [0.2, 0.25) is 0 Å². The molecule has 0 radical (unpaired) electrons. The average molecular weight is 649 g/mol. The normalized spacial score (nSPS) is 12.3. The number of aromatic nitrogens is 1. The maximum atomic E-state index is 4.39. The van der Waals surface area contributed by atoms with Crippen molar-refractivity contribution in [1.29, 1.82) is 0 Å². The van der Waals surface area contributed by atoms with Crippen LogP contribution in [0.5, 0.6) is 0 Å². The van der Waals surface area contributed by atoms with Crippen molar-refractivity contribution in [3.63, 3.8) is 0 Å². The van der Waals surface area contributed by atoms with Gasteiger partial charge in [-0.3, -0.25) is 4.98 Å². The SMILES string of the molecule is Cc1cc(-c2ccc(-c3ccc4c(c3)B3c5ccccc5-c5cc(-c6ccccc6)ccc5N3c3ccc(-c5ccccc5)cc3-4)cc2)ccn1. The highest BCUT2D eigenvalue weighted by molar-refractivity contribution is 6.92. The number of nitrogens with zero attached hydrogens (tertiary/aromatic N) is 2. The Morgan fingerprint density at radius 3 is 1.45 bits per heavy atom. The van der Waals surface area contributed by atoms with Gasteiger partial charge < -0.3 is 4.81 Å². The van der Waals surface area contributed by atoms with Crippen molar-refractivity contribution in [2.75, 3.05) is 4.81 Å². The van der Waals surface area contributed by atoms with E-state index in [0.717, 1.165) is 5.69 Å². The van der Waals surface area contributed by atoms with E-state index in [1.807, 2.05) is 13.1 Å². The first-order valence-corrected chi connectivity index (χ1v) is 17.6. The monoisotopic (exact) mass is 648 g/mol. The minimum atomic E-state index is 0.0281. The van der Waals surface area contributed by atoms with Crippen LogP contribution in [-0.4, -0.2) is 11.8 Å². The summed E-state index contributed by atoms with van der Waals surface area (Å²) in [6.07, 6.45) is 1.89. The number of aryl methyl sites for hydroxylation is 1. The highest BCUT2D eigenvalue weighted by Crippen LogP contribution is 2.48. The minimum Gasteiger partial charge on any atom is -0.376 e. The summed E-state index contributed by atoms with van der Waals surface area (Å²) in [7, 11) is 0. The standard InChI is InChI=1S/C48H33BN2/c1-32-28-40(26-27-50-32)36-18-16-35(17-19-36)39-20-23-42-44-30-38(34-12-6-3-7-13-34)22-25-48(44)51-47-24-21-37(33-10-4-2-5-11-33)29-43(47)41-14-8-9-15-45(41)49(51)46(42)31-39/h2-31H,1H3. The van der Waals surface area contributed by atoms with Crippen LogP contribution in [-0.2, 0) is 0 Å². The number of anilines is 2. The first kappa shape index (κ1) is 29.5. The molecular weight excluding hydrogens is 615 g/mol. The Morgan fingerprint density at radius 2 is 0.843 bits per heavy atom. The van der Waals surface area contributed by atoms with Gasteiger partial charge in [-0.15, -0.1) is 0 Å². The van der Waals surface area contributed by atoms with Gasteiger partial charge in [0.05, 0.1) is 0 Å². The molecule has 8 aromatic rings. The van der Waals surface area contributed by atoms with E-state index < -0.39 is 0 Å². The number of pyridine rings is 1. The largest absolute Gasteiger partial charge is 0.376 e. The van der Waals surface area contributed by atoms with Gasteiger partial charge in [-0.05, 0) is 110 Å². The molecule has 0 fully saturated rings. The first-order valence-electron chi connectivity index (χ1n) is 17.6. The van der Waals surface area contributed by atoms with Crippen LogP contribution in [0, 0.1) is 6.92 Å². The molecule has 0 saturated carbocycles. The van der Waals surface area contributed by atoms with Crippen molar-refractivity contribution in [1.82, 2.24) is 4.98 Å². The summed E-state index contributed by atoms with van der Waals surface area (Å²) in [5.74, 6) is 0. The van der Waals surface area contributed by atoms with E-state index in [1.165, 1.54) is 89.1 Å². The summed E-state index contributed by atoms with van der Waals surface area (Å²) < 4.78 is 0. The van der Waals surface area contributed by atoms with E-state index in [1.54, 1.807) is 0 Å². The Balaban J connectivity index is 1.17. The predicted octanol–water partition coefficient (Wildman–Crippen LogP) is 11.0. The Hall–Kier alpha value is -6.45. The highest BCUT2D eigenvalue weighted by Gasteiger charge is 2.42. The molecule has 3 heterocycles. The van der Waals surface area contributed by atoms with Crippen LogP contribution in [0.4, 0.5) is 11.4 Å². The summed E-state index contributed by atoms with van der Waals surface area (Å²) in [5.41, 5.74) is 21.0. The molecule has 0 aliphatic carbocycles. The second-order valence-electron chi connectivity index (χ2n) is 13.6. The van der Waals surface area contributed by atoms with Crippen molar-refractivity contribution in [2.45, 2.75) is 6.92 Å². The molecule has 3 heteroatoms. The van der Waals surface area contributed by atoms with Crippen LogP contribution < -0.4 is 15.7 Å². The van der Waals surface area contributed by atoms with Gasteiger partial charge in [0, 0.05) is 34.4 Å². The number of rotatable bonds is 4. The van der Waals surface area contributed by atoms with E-state index >= 15 is 0 Å². The van der Waals surface area contributed by atoms with Gasteiger partial charge in [0.25, 0.3) is 0 Å². The van der Waals surface area contributed by atoms with Gasteiger partial charge in [0.15, 0.2) is 0 Å². The van der Waals surface area contributed by atoms with E-state index in [-0.39, 0.29) is 6.85 Å². The molecule has 2 aliphatic heterocycles. The Kier molecular flexibility index (Phi) is 6.85. The number of hydrogen-bond acceptors (Lipinski definition) is 2. The van der Waals surface area contributed by atoms with E-state index in [0.29, 0.717) is 0 Å². The average Bonchev–Trinajstić information content (AvgIpc) is 3.21. The smallest absolute Gasteiger partial charge is 0.329 e. The van der Waals surface area contributed by atoms with Crippen molar-refractivity contribution in [3.05, 3.63) is 188 Å². The maximum Gasteiger partial charge on any atom is 0.329 e. The molecule has 238 valence electrons. The Labute approximate surface area is 299 Å². The second kappa shape index (κ2) is 11.9. The lowest BCUT2D eigenvalue weighted by molar-refractivity contribution is 1.20. The number of fused-ring (bicyclic) bond motifs is 11. The van der Waals surface area contributed by atoms with Gasteiger partial charge in [0.1, 0.15) is 0 Å². The molecule has 0 unspecified atom stereocenters. The molecule has 0 saturated heterocycles. The lowest BCUT2D eigenvalue weighted by atomic mass is 9.43. The van der Waals surface area contributed by atoms with Gasteiger partial charge in [0.2, 0.25) is 0 Å². The fourth-order valence-corrected chi connectivity index (χ4v) is 8.17.